The van der Waals surface area contributed by atoms with Crippen molar-refractivity contribution in [3.8, 4) is 0 Å². The number of aryl methyl sites for hydroxylation is 2. The molecule has 0 aromatic heterocycles. The highest BCUT2D eigenvalue weighted by Crippen LogP contribution is 2.18. The Balaban J connectivity index is 2.62. The number of hydrogen-bond acceptors (Lipinski definition) is 3. The molecule has 23 heavy (non-hydrogen) atoms. The van der Waals surface area contributed by atoms with Gasteiger partial charge >= 0.3 is 5.97 Å². The summed E-state index contributed by atoms with van der Waals surface area (Å²) in [7, 11) is 0. The van der Waals surface area contributed by atoms with Crippen LogP contribution in [0.25, 0.3) is 0 Å². The summed E-state index contributed by atoms with van der Waals surface area (Å²) >= 11 is 0. The van der Waals surface area contributed by atoms with Gasteiger partial charge in [-0.3, -0.25) is 9.59 Å². The molecule has 0 aliphatic heterocycles. The first-order valence-corrected chi connectivity index (χ1v) is 7.71. The average Bonchev–Trinajstić information content (AvgIpc) is 2.48. The van der Waals surface area contributed by atoms with E-state index < -0.39 is 12.0 Å². The van der Waals surface area contributed by atoms with Gasteiger partial charge < -0.3 is 15.7 Å². The van der Waals surface area contributed by atoms with Gasteiger partial charge in [0.15, 0.2) is 6.04 Å². The number of hydrogen-bond donors (Lipinski definition) is 3. The second kappa shape index (κ2) is 8.92. The molecule has 3 N–H and O–H groups in total. The first kappa shape index (κ1) is 18.7. The number of carboxylic acids is 1. The zero-order valence-corrected chi connectivity index (χ0v) is 13.8. The molecule has 0 spiro atoms. The first-order valence-electron chi connectivity index (χ1n) is 7.71. The van der Waals surface area contributed by atoms with Crippen LogP contribution in [0.1, 0.15) is 48.9 Å². The predicted octanol–water partition coefficient (Wildman–Crippen LogP) is 1.85. The van der Waals surface area contributed by atoms with Crippen molar-refractivity contribution in [1.29, 1.82) is 0 Å². The Labute approximate surface area is 136 Å². The van der Waals surface area contributed by atoms with Gasteiger partial charge in [0.05, 0.1) is 0 Å². The minimum Gasteiger partial charge on any atom is -0.479 e. The monoisotopic (exact) mass is 320 g/mol. The largest absolute Gasteiger partial charge is 0.479 e. The fourth-order valence-corrected chi connectivity index (χ4v) is 2.16. The predicted molar refractivity (Wildman–Crippen MR) is 87.0 cm³/mol. The van der Waals surface area contributed by atoms with Gasteiger partial charge in [0.2, 0.25) is 11.8 Å². The van der Waals surface area contributed by atoms with Crippen molar-refractivity contribution < 1.29 is 19.5 Å². The molecule has 6 heteroatoms. The highest BCUT2D eigenvalue weighted by molar-refractivity contribution is 5.85. The average molecular weight is 320 g/mol. The Bertz CT molecular complexity index is 584. The second-order valence-corrected chi connectivity index (χ2v) is 5.49. The van der Waals surface area contributed by atoms with Gasteiger partial charge in [-0.05, 0) is 43.9 Å². The van der Waals surface area contributed by atoms with Crippen LogP contribution in [0, 0.1) is 13.8 Å². The Morgan fingerprint density at radius 3 is 2.30 bits per heavy atom. The van der Waals surface area contributed by atoms with Crippen LogP contribution in [-0.4, -0.2) is 29.4 Å². The molecule has 1 aromatic carbocycles. The van der Waals surface area contributed by atoms with Crippen LogP contribution in [0.2, 0.25) is 0 Å². The number of rotatable bonds is 8. The van der Waals surface area contributed by atoms with E-state index in [4.69, 9.17) is 0 Å². The fourth-order valence-electron chi connectivity index (χ4n) is 2.16. The number of benzene rings is 1. The lowest BCUT2D eigenvalue weighted by Gasteiger charge is -2.16. The van der Waals surface area contributed by atoms with Gasteiger partial charge in [0, 0.05) is 19.4 Å². The second-order valence-electron chi connectivity index (χ2n) is 5.49. The number of carbonyl (C=O) groups excluding carboxylic acids is 2. The molecule has 1 rings (SSSR count). The lowest BCUT2D eigenvalue weighted by Crippen LogP contribution is -2.34. The molecule has 0 aliphatic carbocycles. The number of nitrogens with one attached hydrogen (secondary N) is 2. The lowest BCUT2D eigenvalue weighted by molar-refractivity contribution is -0.142. The van der Waals surface area contributed by atoms with Gasteiger partial charge in [-0.1, -0.05) is 18.2 Å². The van der Waals surface area contributed by atoms with Crippen LogP contribution in [0.4, 0.5) is 0 Å². The number of aliphatic carboxylic acids is 1. The van der Waals surface area contributed by atoms with Crippen LogP contribution >= 0.6 is 0 Å². The number of carbonyl (C=O) groups is 3. The minimum atomic E-state index is -1.11. The fraction of sp³-hybridized carbons (Fsp3) is 0.471. The zero-order valence-electron chi connectivity index (χ0n) is 13.8. The van der Waals surface area contributed by atoms with Crippen molar-refractivity contribution in [2.45, 2.75) is 46.1 Å². The summed E-state index contributed by atoms with van der Waals surface area (Å²) in [6, 6.07) is 4.23. The van der Waals surface area contributed by atoms with E-state index in [-0.39, 0.29) is 24.7 Å². The van der Waals surface area contributed by atoms with Crippen LogP contribution in [0.5, 0.6) is 0 Å². The van der Waals surface area contributed by atoms with E-state index in [0.29, 0.717) is 18.5 Å². The van der Waals surface area contributed by atoms with Crippen LogP contribution in [0.3, 0.4) is 0 Å². The normalized spacial score (nSPS) is 11.6. The van der Waals surface area contributed by atoms with E-state index in [1.165, 1.54) is 0 Å². The molecule has 0 saturated heterocycles. The highest BCUT2D eigenvalue weighted by Gasteiger charge is 2.22. The quantitative estimate of drug-likeness (QED) is 0.681. The Morgan fingerprint density at radius 1 is 1.09 bits per heavy atom. The van der Waals surface area contributed by atoms with Gasteiger partial charge in [-0.25, -0.2) is 4.79 Å². The SMILES string of the molecule is CCNC(=O)CCCC(=O)NC(C(=O)O)c1ccc(C)c(C)c1. The smallest absolute Gasteiger partial charge is 0.330 e. The van der Waals surface area contributed by atoms with Gasteiger partial charge in [-0.2, -0.15) is 0 Å². The van der Waals surface area contributed by atoms with E-state index in [1.54, 1.807) is 12.1 Å². The van der Waals surface area contributed by atoms with E-state index in [9.17, 15) is 19.5 Å². The summed E-state index contributed by atoms with van der Waals surface area (Å²) in [5.41, 5.74) is 2.57. The van der Waals surface area contributed by atoms with E-state index >= 15 is 0 Å². The van der Waals surface area contributed by atoms with Crippen molar-refractivity contribution in [3.63, 3.8) is 0 Å². The van der Waals surface area contributed by atoms with Crippen LogP contribution < -0.4 is 10.6 Å². The molecule has 6 nitrogen and oxygen atoms in total. The summed E-state index contributed by atoms with van der Waals surface area (Å²) in [5, 5.41) is 14.5. The summed E-state index contributed by atoms with van der Waals surface area (Å²) in [6.07, 6.45) is 0.755. The van der Waals surface area contributed by atoms with Gasteiger partial charge in [0.25, 0.3) is 0 Å². The van der Waals surface area contributed by atoms with Crippen molar-refractivity contribution in [1.82, 2.24) is 10.6 Å². The third-order valence-electron chi connectivity index (χ3n) is 3.60. The lowest BCUT2D eigenvalue weighted by atomic mass is 10.0. The van der Waals surface area contributed by atoms with E-state index in [1.807, 2.05) is 26.8 Å². The molecule has 0 heterocycles. The molecule has 0 saturated carbocycles. The van der Waals surface area contributed by atoms with Crippen LogP contribution in [-0.2, 0) is 14.4 Å². The van der Waals surface area contributed by atoms with E-state index in [2.05, 4.69) is 10.6 Å². The Hall–Kier alpha value is -2.37. The topological polar surface area (TPSA) is 95.5 Å². The summed E-state index contributed by atoms with van der Waals surface area (Å²) in [6.45, 7) is 6.21. The molecule has 0 fully saturated rings. The molecule has 2 amide bonds. The minimum absolute atomic E-state index is 0.107. The van der Waals surface area contributed by atoms with Crippen LogP contribution in [0.15, 0.2) is 18.2 Å². The maximum Gasteiger partial charge on any atom is 0.330 e. The van der Waals surface area contributed by atoms with Gasteiger partial charge in [0.1, 0.15) is 0 Å². The van der Waals surface area contributed by atoms with Crippen molar-refractivity contribution in [2.24, 2.45) is 0 Å². The standard InChI is InChI=1S/C17H24N2O4/c1-4-18-14(20)6-5-7-15(21)19-16(17(22)23)13-9-8-11(2)12(3)10-13/h8-10,16H,4-7H2,1-3H3,(H,18,20)(H,19,21)(H,22,23). The molecule has 0 aliphatic rings. The van der Waals surface area contributed by atoms with E-state index in [0.717, 1.165) is 11.1 Å². The molecule has 1 aromatic rings. The zero-order chi connectivity index (χ0) is 17.4. The third-order valence-corrected chi connectivity index (χ3v) is 3.60. The summed E-state index contributed by atoms with van der Waals surface area (Å²) in [5.74, 6) is -1.59. The molecule has 0 bridgehead atoms. The third kappa shape index (κ3) is 6.10. The molecule has 1 atom stereocenters. The van der Waals surface area contributed by atoms with Crippen molar-refractivity contribution in [2.75, 3.05) is 6.54 Å². The molecular formula is C17H24N2O4. The molecular weight excluding hydrogens is 296 g/mol. The first-order chi connectivity index (χ1) is 10.8. The maximum atomic E-state index is 11.9. The van der Waals surface area contributed by atoms with Crippen molar-refractivity contribution >= 4 is 17.8 Å². The molecule has 126 valence electrons. The molecule has 1 unspecified atom stereocenters. The summed E-state index contributed by atoms with van der Waals surface area (Å²) < 4.78 is 0. The molecule has 0 radical (unpaired) electrons. The maximum absolute atomic E-state index is 11.9. The number of carboxylic acid groups (broad SMARTS) is 1. The highest BCUT2D eigenvalue weighted by atomic mass is 16.4. The van der Waals surface area contributed by atoms with Gasteiger partial charge in [-0.15, -0.1) is 0 Å². The van der Waals surface area contributed by atoms with Crippen molar-refractivity contribution in [3.05, 3.63) is 34.9 Å². The Kier molecular flexibility index (Phi) is 7.25. The number of amides is 2. The summed E-state index contributed by atoms with van der Waals surface area (Å²) in [4.78, 5) is 34.6. The Morgan fingerprint density at radius 2 is 1.74 bits per heavy atom.